The van der Waals surface area contributed by atoms with Gasteiger partial charge in [0, 0.05) is 29.8 Å². The normalized spacial score (nSPS) is 11.2. The van der Waals surface area contributed by atoms with Crippen LogP contribution >= 0.6 is 0 Å². The Labute approximate surface area is 166 Å². The van der Waals surface area contributed by atoms with Gasteiger partial charge in [0.2, 0.25) is 5.76 Å². The van der Waals surface area contributed by atoms with Gasteiger partial charge in [-0.3, -0.25) is 9.20 Å². The van der Waals surface area contributed by atoms with Gasteiger partial charge in [-0.15, -0.1) is 0 Å². The lowest BCUT2D eigenvalue weighted by molar-refractivity contribution is 0.0425. The Bertz CT molecular complexity index is 1260. The Balaban J connectivity index is 1.59. The van der Waals surface area contributed by atoms with Crippen LogP contribution in [0.4, 0.5) is 0 Å². The summed E-state index contributed by atoms with van der Waals surface area (Å²) in [5, 5.41) is 0.811. The van der Waals surface area contributed by atoms with E-state index in [4.69, 9.17) is 13.9 Å². The summed E-state index contributed by atoms with van der Waals surface area (Å²) in [7, 11) is 0. The lowest BCUT2D eigenvalue weighted by atomic mass is 10.1. The average molecular weight is 392 g/mol. The van der Waals surface area contributed by atoms with Gasteiger partial charge in [-0.1, -0.05) is 24.3 Å². The molecule has 4 aromatic rings. The van der Waals surface area contributed by atoms with Crippen LogP contribution in [0.5, 0.6) is 0 Å². The number of carbonyl (C=O) groups is 1. The Kier molecular flexibility index (Phi) is 5.14. The van der Waals surface area contributed by atoms with Crippen molar-refractivity contribution in [3.05, 3.63) is 81.6 Å². The number of hydrogen-bond acceptors (Lipinski definition) is 6. The molecule has 0 bridgehead atoms. The molecule has 148 valence electrons. The van der Waals surface area contributed by atoms with E-state index in [2.05, 4.69) is 4.98 Å². The lowest BCUT2D eigenvalue weighted by Gasteiger charge is -2.07. The maximum Gasteiger partial charge on any atom is 0.375 e. The first kappa shape index (κ1) is 18.9. The van der Waals surface area contributed by atoms with Crippen LogP contribution in [0.25, 0.3) is 16.6 Å². The SMILES string of the molecule is CCOCc1c(C(=O)OCc2cc(=O)n3cc(C)ccc3n2)oc2ccccc12. The van der Waals surface area contributed by atoms with E-state index in [1.807, 2.05) is 38.1 Å². The largest absolute Gasteiger partial charge is 0.453 e. The third kappa shape index (κ3) is 3.77. The van der Waals surface area contributed by atoms with E-state index in [1.54, 1.807) is 18.3 Å². The zero-order valence-electron chi connectivity index (χ0n) is 16.2. The van der Waals surface area contributed by atoms with Gasteiger partial charge in [-0.25, -0.2) is 9.78 Å². The van der Waals surface area contributed by atoms with E-state index in [0.717, 1.165) is 10.9 Å². The summed E-state index contributed by atoms with van der Waals surface area (Å²) in [6.45, 7) is 4.40. The summed E-state index contributed by atoms with van der Waals surface area (Å²) in [5.74, 6) is -0.519. The van der Waals surface area contributed by atoms with Crippen LogP contribution in [-0.4, -0.2) is 22.0 Å². The van der Waals surface area contributed by atoms with Crippen LogP contribution in [-0.2, 0) is 22.7 Å². The number of aromatic nitrogens is 2. The highest BCUT2D eigenvalue weighted by Crippen LogP contribution is 2.27. The molecular weight excluding hydrogens is 372 g/mol. The maximum absolute atomic E-state index is 12.7. The monoisotopic (exact) mass is 392 g/mol. The van der Waals surface area contributed by atoms with E-state index in [0.29, 0.717) is 29.1 Å². The second-order valence-electron chi connectivity index (χ2n) is 6.64. The van der Waals surface area contributed by atoms with Gasteiger partial charge in [-0.05, 0) is 31.5 Å². The van der Waals surface area contributed by atoms with Gasteiger partial charge in [0.05, 0.1) is 12.3 Å². The van der Waals surface area contributed by atoms with Crippen molar-refractivity contribution in [2.45, 2.75) is 27.1 Å². The molecule has 3 aromatic heterocycles. The van der Waals surface area contributed by atoms with E-state index in [1.165, 1.54) is 10.5 Å². The van der Waals surface area contributed by atoms with Crippen LogP contribution in [0.1, 0.15) is 34.3 Å². The number of aryl methyl sites for hydroxylation is 1. The van der Waals surface area contributed by atoms with Crippen molar-refractivity contribution >= 4 is 22.6 Å². The predicted octanol–water partition coefficient (Wildman–Crippen LogP) is 3.64. The summed E-state index contributed by atoms with van der Waals surface area (Å²) >= 11 is 0. The highest BCUT2D eigenvalue weighted by Gasteiger charge is 2.22. The van der Waals surface area contributed by atoms with Crippen molar-refractivity contribution in [1.29, 1.82) is 0 Å². The summed E-state index contributed by atoms with van der Waals surface area (Å²) in [6.07, 6.45) is 1.72. The number of nitrogens with zero attached hydrogens (tertiary/aromatic N) is 2. The molecule has 0 unspecified atom stereocenters. The van der Waals surface area contributed by atoms with E-state index in [-0.39, 0.29) is 24.5 Å². The van der Waals surface area contributed by atoms with Crippen molar-refractivity contribution in [2.75, 3.05) is 6.61 Å². The molecule has 1 aromatic carbocycles. The van der Waals surface area contributed by atoms with Crippen molar-refractivity contribution in [2.24, 2.45) is 0 Å². The zero-order valence-corrected chi connectivity index (χ0v) is 16.2. The average Bonchev–Trinajstić information content (AvgIpc) is 3.09. The second-order valence-corrected chi connectivity index (χ2v) is 6.64. The number of fused-ring (bicyclic) bond motifs is 2. The quantitative estimate of drug-likeness (QED) is 0.466. The molecule has 4 rings (SSSR count). The summed E-state index contributed by atoms with van der Waals surface area (Å²) in [6, 6.07) is 12.3. The fourth-order valence-electron chi connectivity index (χ4n) is 3.15. The van der Waals surface area contributed by atoms with Crippen LogP contribution in [0.2, 0.25) is 0 Å². The minimum Gasteiger partial charge on any atom is -0.453 e. The summed E-state index contributed by atoms with van der Waals surface area (Å²) < 4.78 is 18.1. The molecule has 7 nitrogen and oxygen atoms in total. The fraction of sp³-hybridized carbons (Fsp3) is 0.227. The van der Waals surface area contributed by atoms with Crippen LogP contribution < -0.4 is 5.56 Å². The predicted molar refractivity (Wildman–Crippen MR) is 107 cm³/mol. The van der Waals surface area contributed by atoms with E-state index >= 15 is 0 Å². The van der Waals surface area contributed by atoms with Gasteiger partial charge in [0.25, 0.3) is 5.56 Å². The molecule has 3 heterocycles. The van der Waals surface area contributed by atoms with Crippen molar-refractivity contribution in [1.82, 2.24) is 9.38 Å². The van der Waals surface area contributed by atoms with Gasteiger partial charge in [0.1, 0.15) is 17.8 Å². The number of pyridine rings is 1. The molecule has 0 saturated heterocycles. The maximum atomic E-state index is 12.7. The number of hydrogen-bond donors (Lipinski definition) is 0. The first-order chi connectivity index (χ1) is 14.1. The fourth-order valence-corrected chi connectivity index (χ4v) is 3.15. The Morgan fingerprint density at radius 1 is 1.17 bits per heavy atom. The number of rotatable bonds is 6. The van der Waals surface area contributed by atoms with Crippen LogP contribution in [0, 0.1) is 6.92 Å². The Morgan fingerprint density at radius 2 is 2.00 bits per heavy atom. The molecule has 0 atom stereocenters. The van der Waals surface area contributed by atoms with Gasteiger partial charge in [0.15, 0.2) is 0 Å². The standard InChI is InChI=1S/C22H20N2O5/c1-3-27-13-17-16-6-4-5-7-18(16)29-21(17)22(26)28-12-15-10-20(25)24-11-14(2)8-9-19(24)23-15/h4-11H,3,12-13H2,1-2H3. The first-order valence-corrected chi connectivity index (χ1v) is 9.31. The number of benzene rings is 1. The summed E-state index contributed by atoms with van der Waals surface area (Å²) in [4.78, 5) is 29.4. The molecule has 0 aliphatic heterocycles. The summed E-state index contributed by atoms with van der Waals surface area (Å²) in [5.41, 5.74) is 2.82. The van der Waals surface area contributed by atoms with E-state index < -0.39 is 5.97 Å². The van der Waals surface area contributed by atoms with Crippen LogP contribution in [0.3, 0.4) is 0 Å². The first-order valence-electron chi connectivity index (χ1n) is 9.31. The van der Waals surface area contributed by atoms with E-state index in [9.17, 15) is 9.59 Å². The molecular formula is C22H20N2O5. The topological polar surface area (TPSA) is 83.0 Å². The molecule has 0 radical (unpaired) electrons. The molecule has 0 aliphatic rings. The molecule has 0 spiro atoms. The third-order valence-electron chi connectivity index (χ3n) is 4.55. The van der Waals surface area contributed by atoms with Crippen molar-refractivity contribution in [3.8, 4) is 0 Å². The molecule has 29 heavy (non-hydrogen) atoms. The smallest absolute Gasteiger partial charge is 0.375 e. The molecule has 0 fully saturated rings. The Hall–Kier alpha value is -3.45. The Morgan fingerprint density at radius 3 is 2.83 bits per heavy atom. The molecule has 0 aliphatic carbocycles. The number of carbonyl (C=O) groups excluding carboxylic acids is 1. The number of ether oxygens (including phenoxy) is 2. The van der Waals surface area contributed by atoms with Gasteiger partial charge >= 0.3 is 5.97 Å². The van der Waals surface area contributed by atoms with Crippen LogP contribution in [0.15, 0.2) is 57.9 Å². The number of para-hydroxylation sites is 1. The zero-order chi connectivity index (χ0) is 20.4. The number of esters is 1. The number of furan rings is 1. The minimum absolute atomic E-state index is 0.104. The third-order valence-corrected chi connectivity index (χ3v) is 4.55. The lowest BCUT2D eigenvalue weighted by Crippen LogP contribution is -2.17. The molecule has 0 saturated carbocycles. The molecule has 0 amide bonds. The van der Waals surface area contributed by atoms with Gasteiger partial charge in [-0.2, -0.15) is 0 Å². The second kappa shape index (κ2) is 7.89. The van der Waals surface area contributed by atoms with Gasteiger partial charge < -0.3 is 13.9 Å². The molecule has 0 N–H and O–H groups in total. The highest BCUT2D eigenvalue weighted by molar-refractivity contribution is 5.96. The highest BCUT2D eigenvalue weighted by atomic mass is 16.5. The van der Waals surface area contributed by atoms with Crippen molar-refractivity contribution < 1.29 is 18.7 Å². The molecule has 7 heteroatoms. The minimum atomic E-state index is -0.623. The van der Waals surface area contributed by atoms with Crippen molar-refractivity contribution in [3.63, 3.8) is 0 Å².